The molecule has 0 heterocycles. The fourth-order valence-electron chi connectivity index (χ4n) is 2.02. The fraction of sp³-hybridized carbons (Fsp3) is 0.167. The number of hydrogen-bond donors (Lipinski definition) is 2. The van der Waals surface area contributed by atoms with Crippen LogP contribution in [0, 0.1) is 6.92 Å². The summed E-state index contributed by atoms with van der Waals surface area (Å²) in [5.74, 6) is -1.96. The summed E-state index contributed by atoms with van der Waals surface area (Å²) in [7, 11) is 0. The largest absolute Gasteiger partial charge is 0.550 e. The topological polar surface area (TPSA) is 98.3 Å². The molecule has 0 aliphatic heterocycles. The first-order chi connectivity index (χ1) is 11.4. The van der Waals surface area contributed by atoms with Gasteiger partial charge in [0.05, 0.1) is 0 Å². The maximum atomic E-state index is 12.2. The van der Waals surface area contributed by atoms with Crippen LogP contribution in [0.15, 0.2) is 48.5 Å². The Balaban J connectivity index is 1.99. The maximum absolute atomic E-state index is 12.2. The minimum absolute atomic E-state index is 0.164. The second-order valence-electron chi connectivity index (χ2n) is 5.32. The number of carbonyl (C=O) groups excluding carboxylic acids is 3. The van der Waals surface area contributed by atoms with Crippen LogP contribution in [0.2, 0.25) is 0 Å². The van der Waals surface area contributed by atoms with E-state index >= 15 is 0 Å². The van der Waals surface area contributed by atoms with Crippen LogP contribution in [0.4, 0.5) is 11.4 Å². The fourth-order valence-corrected chi connectivity index (χ4v) is 2.02. The molecule has 24 heavy (non-hydrogen) atoms. The molecule has 0 bridgehead atoms. The Morgan fingerprint density at radius 3 is 2.17 bits per heavy atom. The van der Waals surface area contributed by atoms with Gasteiger partial charge >= 0.3 is 0 Å². The van der Waals surface area contributed by atoms with Crippen molar-refractivity contribution < 1.29 is 19.5 Å². The lowest BCUT2D eigenvalue weighted by atomic mass is 10.1. The SMILES string of the molecule is Cc1ccc(C(=O)Nc2cccc(NC(=O)CCC(=O)[O-])c2)cc1. The molecule has 0 saturated heterocycles. The van der Waals surface area contributed by atoms with Gasteiger partial charge in [0.1, 0.15) is 0 Å². The summed E-state index contributed by atoms with van der Waals surface area (Å²) in [5, 5.41) is 15.7. The minimum Gasteiger partial charge on any atom is -0.550 e. The van der Waals surface area contributed by atoms with Crippen LogP contribution in [0.3, 0.4) is 0 Å². The van der Waals surface area contributed by atoms with Gasteiger partial charge in [-0.2, -0.15) is 0 Å². The number of benzene rings is 2. The quantitative estimate of drug-likeness (QED) is 0.845. The van der Waals surface area contributed by atoms with Gasteiger partial charge < -0.3 is 20.5 Å². The summed E-state index contributed by atoms with van der Waals surface area (Å²) >= 11 is 0. The summed E-state index contributed by atoms with van der Waals surface area (Å²) in [6.45, 7) is 1.94. The first kappa shape index (κ1) is 17.2. The number of rotatable bonds is 6. The van der Waals surface area contributed by atoms with Gasteiger partial charge in [-0.1, -0.05) is 23.8 Å². The number of carboxylic acid groups (broad SMARTS) is 1. The van der Waals surface area contributed by atoms with Crippen molar-refractivity contribution in [3.8, 4) is 0 Å². The molecule has 124 valence electrons. The van der Waals surface area contributed by atoms with Crippen molar-refractivity contribution in [2.45, 2.75) is 19.8 Å². The lowest BCUT2D eigenvalue weighted by Gasteiger charge is -2.09. The second kappa shape index (κ2) is 7.92. The summed E-state index contributed by atoms with van der Waals surface area (Å²) in [6, 6.07) is 13.8. The van der Waals surface area contributed by atoms with E-state index < -0.39 is 11.9 Å². The highest BCUT2D eigenvalue weighted by molar-refractivity contribution is 6.04. The third-order valence-electron chi connectivity index (χ3n) is 3.27. The Hall–Kier alpha value is -3.15. The van der Waals surface area contributed by atoms with Gasteiger partial charge in [0.25, 0.3) is 5.91 Å². The van der Waals surface area contributed by atoms with Crippen molar-refractivity contribution in [1.29, 1.82) is 0 Å². The zero-order valence-corrected chi connectivity index (χ0v) is 13.2. The molecule has 0 aliphatic carbocycles. The summed E-state index contributed by atoms with van der Waals surface area (Å²) in [6.07, 6.45) is -0.502. The lowest BCUT2D eigenvalue weighted by molar-refractivity contribution is -0.305. The van der Waals surface area contributed by atoms with Crippen molar-refractivity contribution in [3.05, 3.63) is 59.7 Å². The van der Waals surface area contributed by atoms with Gasteiger partial charge in [-0.25, -0.2) is 0 Å². The summed E-state index contributed by atoms with van der Waals surface area (Å²) < 4.78 is 0. The van der Waals surface area contributed by atoms with Gasteiger partial charge in [-0.3, -0.25) is 9.59 Å². The van der Waals surface area contributed by atoms with E-state index in [2.05, 4.69) is 10.6 Å². The first-order valence-electron chi connectivity index (χ1n) is 7.42. The first-order valence-corrected chi connectivity index (χ1v) is 7.42. The number of anilines is 2. The molecule has 0 aromatic heterocycles. The predicted molar refractivity (Wildman–Crippen MR) is 88.4 cm³/mol. The Bertz CT molecular complexity index is 754. The van der Waals surface area contributed by atoms with Gasteiger partial charge in [-0.05, 0) is 43.7 Å². The molecule has 6 nitrogen and oxygen atoms in total. The van der Waals surface area contributed by atoms with Crippen LogP contribution < -0.4 is 15.7 Å². The molecule has 2 amide bonds. The average molecular weight is 325 g/mol. The smallest absolute Gasteiger partial charge is 0.255 e. The average Bonchev–Trinajstić information content (AvgIpc) is 2.54. The van der Waals surface area contributed by atoms with Crippen molar-refractivity contribution in [2.75, 3.05) is 10.6 Å². The molecule has 0 fully saturated rings. The number of aryl methyl sites for hydroxylation is 1. The number of amides is 2. The molecule has 0 aliphatic rings. The van der Waals surface area contributed by atoms with E-state index in [-0.39, 0.29) is 18.7 Å². The van der Waals surface area contributed by atoms with Crippen molar-refractivity contribution in [2.24, 2.45) is 0 Å². The molecule has 2 aromatic carbocycles. The predicted octanol–water partition coefficient (Wildman–Crippen LogP) is 1.72. The molecule has 0 spiro atoms. The zero-order chi connectivity index (χ0) is 17.5. The highest BCUT2D eigenvalue weighted by atomic mass is 16.4. The summed E-state index contributed by atoms with van der Waals surface area (Å²) in [5.41, 5.74) is 2.59. The Kier molecular flexibility index (Phi) is 5.68. The molecular weight excluding hydrogens is 308 g/mol. The molecule has 0 unspecified atom stereocenters. The number of aliphatic carboxylic acids is 1. The monoisotopic (exact) mass is 325 g/mol. The third-order valence-corrected chi connectivity index (χ3v) is 3.27. The molecule has 6 heteroatoms. The van der Waals surface area contributed by atoms with Crippen LogP contribution in [-0.2, 0) is 9.59 Å². The second-order valence-corrected chi connectivity index (χ2v) is 5.32. The maximum Gasteiger partial charge on any atom is 0.255 e. The molecule has 2 rings (SSSR count). The van der Waals surface area contributed by atoms with E-state index in [0.717, 1.165) is 5.56 Å². The van der Waals surface area contributed by atoms with Crippen molar-refractivity contribution in [3.63, 3.8) is 0 Å². The highest BCUT2D eigenvalue weighted by Crippen LogP contribution is 2.16. The minimum atomic E-state index is -1.27. The Morgan fingerprint density at radius 1 is 0.917 bits per heavy atom. The van der Waals surface area contributed by atoms with Crippen LogP contribution >= 0.6 is 0 Å². The molecule has 2 aromatic rings. The van der Waals surface area contributed by atoms with Crippen molar-refractivity contribution in [1.82, 2.24) is 0 Å². The number of nitrogens with one attached hydrogen (secondary N) is 2. The van der Waals surface area contributed by atoms with E-state index in [1.54, 1.807) is 36.4 Å². The Morgan fingerprint density at radius 2 is 1.54 bits per heavy atom. The van der Waals surface area contributed by atoms with Gasteiger partial charge in [0, 0.05) is 29.3 Å². The molecule has 0 atom stereocenters. The zero-order valence-electron chi connectivity index (χ0n) is 13.2. The van der Waals surface area contributed by atoms with Crippen LogP contribution in [-0.4, -0.2) is 17.8 Å². The number of carbonyl (C=O) groups is 3. The number of carboxylic acids is 1. The Labute approximate surface area is 139 Å². The molecule has 0 saturated carbocycles. The standard InChI is InChI=1S/C18H18N2O4/c1-12-5-7-13(8-6-12)18(24)20-15-4-2-3-14(11-15)19-16(21)9-10-17(22)23/h2-8,11H,9-10H2,1H3,(H,19,21)(H,20,24)(H,22,23)/p-1. The summed E-state index contributed by atoms with van der Waals surface area (Å²) in [4.78, 5) is 34.1. The van der Waals surface area contributed by atoms with E-state index in [0.29, 0.717) is 16.9 Å². The van der Waals surface area contributed by atoms with Crippen LogP contribution in [0.1, 0.15) is 28.8 Å². The van der Waals surface area contributed by atoms with Gasteiger partial charge in [0.2, 0.25) is 5.91 Å². The van der Waals surface area contributed by atoms with Crippen LogP contribution in [0.5, 0.6) is 0 Å². The normalized spacial score (nSPS) is 10.0. The number of hydrogen-bond acceptors (Lipinski definition) is 4. The molecular formula is C18H17N2O4-. The molecule has 2 N–H and O–H groups in total. The van der Waals surface area contributed by atoms with Gasteiger partial charge in [0.15, 0.2) is 0 Å². The lowest BCUT2D eigenvalue weighted by Crippen LogP contribution is -2.24. The van der Waals surface area contributed by atoms with Crippen molar-refractivity contribution >= 4 is 29.2 Å². The van der Waals surface area contributed by atoms with Crippen LogP contribution in [0.25, 0.3) is 0 Å². The third kappa shape index (κ3) is 5.24. The van der Waals surface area contributed by atoms with Gasteiger partial charge in [-0.15, -0.1) is 0 Å². The highest BCUT2D eigenvalue weighted by Gasteiger charge is 2.07. The molecule has 0 radical (unpaired) electrons. The van der Waals surface area contributed by atoms with E-state index in [1.165, 1.54) is 0 Å². The van der Waals surface area contributed by atoms with E-state index in [4.69, 9.17) is 0 Å². The van der Waals surface area contributed by atoms with E-state index in [9.17, 15) is 19.5 Å². The van der Waals surface area contributed by atoms with E-state index in [1.807, 2.05) is 19.1 Å².